The van der Waals surface area contributed by atoms with Crippen LogP contribution in [0.2, 0.25) is 0 Å². The fourth-order valence-electron chi connectivity index (χ4n) is 2.63. The number of halogens is 2. The van der Waals surface area contributed by atoms with Crippen LogP contribution in [0.1, 0.15) is 0 Å². The Bertz CT molecular complexity index is 1000. The van der Waals surface area contributed by atoms with Gasteiger partial charge in [0.05, 0.1) is 4.21 Å². The Morgan fingerprint density at radius 1 is 0.654 bits per heavy atom. The average Bonchev–Trinajstić information content (AvgIpc) is 3.07. The summed E-state index contributed by atoms with van der Waals surface area (Å²) in [5.41, 5.74) is 3.77. The van der Waals surface area contributed by atoms with Crippen molar-refractivity contribution < 1.29 is 0 Å². The maximum Gasteiger partial charge on any atom is 0.0731 e. The second-order valence-corrected chi connectivity index (χ2v) is 9.97. The van der Waals surface area contributed by atoms with Gasteiger partial charge in [0.15, 0.2) is 0 Å². The van der Waals surface area contributed by atoms with Crippen LogP contribution >= 0.6 is 55.0 Å². The van der Waals surface area contributed by atoms with Crippen molar-refractivity contribution in [2.75, 3.05) is 0 Å². The van der Waals surface area contributed by atoms with Crippen LogP contribution in [0.4, 0.5) is 0 Å². The third-order valence-corrected chi connectivity index (χ3v) is 7.39. The van der Waals surface area contributed by atoms with E-state index < -0.39 is 0 Å². The highest BCUT2D eigenvalue weighted by molar-refractivity contribution is 9.10. The van der Waals surface area contributed by atoms with E-state index >= 15 is 0 Å². The Morgan fingerprint density at radius 3 is 1.85 bits per heavy atom. The first-order valence-electron chi connectivity index (χ1n) is 8.08. The monoisotopic (exact) mass is 500 g/mol. The molecule has 1 aromatic heterocycles. The van der Waals surface area contributed by atoms with Crippen molar-refractivity contribution in [2.24, 2.45) is 0 Å². The molecule has 26 heavy (non-hydrogen) atoms. The molecule has 0 bridgehead atoms. The lowest BCUT2D eigenvalue weighted by Gasteiger charge is -2.04. The van der Waals surface area contributed by atoms with Crippen LogP contribution in [0.5, 0.6) is 0 Å². The molecular formula is C22H14Br2S2. The van der Waals surface area contributed by atoms with Gasteiger partial charge < -0.3 is 0 Å². The fourth-order valence-corrected chi connectivity index (χ4v) is 5.60. The van der Waals surface area contributed by atoms with Gasteiger partial charge in [-0.15, -0.1) is 11.3 Å². The van der Waals surface area contributed by atoms with E-state index in [0.717, 1.165) is 8.95 Å². The first-order chi connectivity index (χ1) is 12.7. The van der Waals surface area contributed by atoms with Gasteiger partial charge in [-0.05, 0) is 53.6 Å². The number of thiophene rings is 1. The van der Waals surface area contributed by atoms with Crippen LogP contribution in [-0.4, -0.2) is 0 Å². The van der Waals surface area contributed by atoms with Crippen LogP contribution in [-0.2, 0) is 0 Å². The molecule has 4 heteroatoms. The van der Waals surface area contributed by atoms with Crippen molar-refractivity contribution in [3.63, 3.8) is 0 Å². The molecule has 0 saturated carbocycles. The molecule has 128 valence electrons. The van der Waals surface area contributed by atoms with E-state index in [4.69, 9.17) is 0 Å². The number of hydrogen-bond acceptors (Lipinski definition) is 2. The summed E-state index contributed by atoms with van der Waals surface area (Å²) in [5, 5.41) is 0. The standard InChI is InChI=1S/C22H14Br2S2/c23-17-10-6-15(7-11-17)20-14-21(16-8-12-18(24)13-9-16)26-22(20)25-19-4-2-1-3-5-19/h1-14H. The molecule has 0 unspecified atom stereocenters. The summed E-state index contributed by atoms with van der Waals surface area (Å²) in [7, 11) is 0. The Kier molecular flexibility index (Phi) is 5.65. The predicted molar refractivity (Wildman–Crippen MR) is 121 cm³/mol. The molecule has 0 atom stereocenters. The second-order valence-electron chi connectivity index (χ2n) is 5.74. The van der Waals surface area contributed by atoms with Gasteiger partial charge in [-0.1, -0.05) is 86.1 Å². The van der Waals surface area contributed by atoms with E-state index in [0.29, 0.717) is 0 Å². The molecule has 0 fully saturated rings. The van der Waals surface area contributed by atoms with Crippen molar-refractivity contribution in [3.05, 3.63) is 93.9 Å². The average molecular weight is 502 g/mol. The molecule has 0 amide bonds. The summed E-state index contributed by atoms with van der Waals surface area (Å²) in [5.74, 6) is 0. The van der Waals surface area contributed by atoms with E-state index in [1.165, 1.54) is 30.7 Å². The number of benzene rings is 3. The molecule has 0 aliphatic rings. The molecule has 0 spiro atoms. The van der Waals surface area contributed by atoms with Gasteiger partial charge in [0.25, 0.3) is 0 Å². The highest BCUT2D eigenvalue weighted by atomic mass is 79.9. The second kappa shape index (κ2) is 8.13. The van der Waals surface area contributed by atoms with E-state index in [-0.39, 0.29) is 0 Å². The first-order valence-corrected chi connectivity index (χ1v) is 11.3. The Hall–Kier alpha value is -1.33. The van der Waals surface area contributed by atoms with E-state index in [1.54, 1.807) is 0 Å². The van der Waals surface area contributed by atoms with Crippen LogP contribution in [0.3, 0.4) is 0 Å². The number of hydrogen-bond donors (Lipinski definition) is 0. The summed E-state index contributed by atoms with van der Waals surface area (Å²) in [4.78, 5) is 2.55. The molecule has 0 aliphatic heterocycles. The van der Waals surface area contributed by atoms with E-state index in [9.17, 15) is 0 Å². The SMILES string of the molecule is Brc1ccc(-c2cc(-c3ccc(Br)cc3)c(Sc3ccccc3)s2)cc1. The van der Waals surface area contributed by atoms with Gasteiger partial charge >= 0.3 is 0 Å². The maximum absolute atomic E-state index is 3.53. The molecular weight excluding hydrogens is 488 g/mol. The quantitative estimate of drug-likeness (QED) is 0.269. The summed E-state index contributed by atoms with van der Waals surface area (Å²) < 4.78 is 3.52. The fraction of sp³-hybridized carbons (Fsp3) is 0. The summed E-state index contributed by atoms with van der Waals surface area (Å²) in [6.45, 7) is 0. The smallest absolute Gasteiger partial charge is 0.0731 e. The van der Waals surface area contributed by atoms with Crippen molar-refractivity contribution in [1.82, 2.24) is 0 Å². The zero-order chi connectivity index (χ0) is 17.9. The topological polar surface area (TPSA) is 0 Å². The zero-order valence-corrected chi connectivity index (χ0v) is 18.5. The van der Waals surface area contributed by atoms with Crippen molar-refractivity contribution in [3.8, 4) is 21.6 Å². The zero-order valence-electron chi connectivity index (χ0n) is 13.7. The van der Waals surface area contributed by atoms with Gasteiger partial charge in [0.1, 0.15) is 0 Å². The van der Waals surface area contributed by atoms with Crippen molar-refractivity contribution in [2.45, 2.75) is 9.10 Å². The Labute approximate surface area is 178 Å². The van der Waals surface area contributed by atoms with E-state index in [1.807, 2.05) is 23.1 Å². The lowest BCUT2D eigenvalue weighted by molar-refractivity contribution is 1.45. The van der Waals surface area contributed by atoms with Gasteiger partial charge in [0, 0.05) is 24.3 Å². The predicted octanol–water partition coefficient (Wildman–Crippen LogP) is 8.76. The molecule has 0 aliphatic carbocycles. The third-order valence-electron chi connectivity index (χ3n) is 3.94. The highest BCUT2D eigenvalue weighted by Crippen LogP contribution is 2.45. The lowest BCUT2D eigenvalue weighted by Crippen LogP contribution is -1.77. The maximum atomic E-state index is 3.53. The molecule has 1 heterocycles. The normalized spacial score (nSPS) is 10.8. The van der Waals surface area contributed by atoms with Crippen LogP contribution in [0.15, 0.2) is 103 Å². The molecule has 0 saturated heterocycles. The van der Waals surface area contributed by atoms with Crippen LogP contribution < -0.4 is 0 Å². The molecule has 4 rings (SSSR count). The minimum absolute atomic E-state index is 1.10. The minimum atomic E-state index is 1.10. The molecule has 0 N–H and O–H groups in total. The van der Waals surface area contributed by atoms with Gasteiger partial charge in [-0.2, -0.15) is 0 Å². The van der Waals surface area contributed by atoms with Crippen molar-refractivity contribution >= 4 is 55.0 Å². The van der Waals surface area contributed by atoms with Crippen LogP contribution in [0.25, 0.3) is 21.6 Å². The van der Waals surface area contributed by atoms with Crippen LogP contribution in [0, 0.1) is 0 Å². The molecule has 0 nitrogen and oxygen atoms in total. The van der Waals surface area contributed by atoms with Crippen molar-refractivity contribution in [1.29, 1.82) is 0 Å². The first kappa shape index (κ1) is 18.1. The van der Waals surface area contributed by atoms with Gasteiger partial charge in [-0.25, -0.2) is 0 Å². The Morgan fingerprint density at radius 2 is 1.23 bits per heavy atom. The van der Waals surface area contributed by atoms with Gasteiger partial charge in [0.2, 0.25) is 0 Å². The summed E-state index contributed by atoms with van der Waals surface area (Å²) in [6.07, 6.45) is 0. The highest BCUT2D eigenvalue weighted by Gasteiger charge is 2.14. The summed E-state index contributed by atoms with van der Waals surface area (Å²) >= 11 is 10.7. The lowest BCUT2D eigenvalue weighted by atomic mass is 10.1. The van der Waals surface area contributed by atoms with E-state index in [2.05, 4.69) is 117 Å². The summed E-state index contributed by atoms with van der Waals surface area (Å²) in [6, 6.07) is 29.9. The number of rotatable bonds is 4. The molecule has 3 aromatic carbocycles. The molecule has 0 radical (unpaired) electrons. The Balaban J connectivity index is 1.79. The van der Waals surface area contributed by atoms with Gasteiger partial charge in [-0.3, -0.25) is 0 Å². The third kappa shape index (κ3) is 4.15. The largest absolute Gasteiger partial charge is 0.128 e. The minimum Gasteiger partial charge on any atom is -0.128 e. The molecule has 4 aromatic rings.